The van der Waals surface area contributed by atoms with E-state index in [2.05, 4.69) is 18.7 Å². The summed E-state index contributed by atoms with van der Waals surface area (Å²) in [6.45, 7) is 9.20. The molecule has 0 spiro atoms. The minimum atomic E-state index is 0.372. The van der Waals surface area contributed by atoms with Gasteiger partial charge in [0.2, 0.25) is 0 Å². The monoisotopic (exact) mass is 357 g/mol. The lowest BCUT2D eigenvalue weighted by Gasteiger charge is -2.24. The number of nitrogens with zero attached hydrogens (tertiary/aromatic N) is 1. The van der Waals surface area contributed by atoms with Crippen molar-refractivity contribution in [3.8, 4) is 17.2 Å². The quantitative estimate of drug-likeness (QED) is 0.445. The van der Waals surface area contributed by atoms with Crippen LogP contribution in [0.3, 0.4) is 0 Å². The van der Waals surface area contributed by atoms with Crippen molar-refractivity contribution in [3.63, 3.8) is 0 Å². The molecule has 0 amide bonds. The van der Waals surface area contributed by atoms with Crippen molar-refractivity contribution in [2.24, 2.45) is 0 Å². The van der Waals surface area contributed by atoms with Crippen LogP contribution < -0.4 is 19.1 Å². The molecule has 0 aliphatic carbocycles. The van der Waals surface area contributed by atoms with E-state index in [0.717, 1.165) is 30.8 Å². The standard InChI is InChI=1S/C21H27NO4/c1-4-22(5-2)18-12-11-17(16-23)15-21(18)26-14-13-25-20-10-8-7-9-19(20)24-6-3/h7-12,15-16H,4-6,13-14H2,1-3H3. The fourth-order valence-corrected chi connectivity index (χ4v) is 2.69. The van der Waals surface area contributed by atoms with Crippen LogP contribution in [-0.2, 0) is 0 Å². The molecule has 140 valence electrons. The van der Waals surface area contributed by atoms with Crippen molar-refractivity contribution in [3.05, 3.63) is 48.0 Å². The van der Waals surface area contributed by atoms with Crippen molar-refractivity contribution in [1.82, 2.24) is 0 Å². The van der Waals surface area contributed by atoms with E-state index in [1.165, 1.54) is 0 Å². The molecule has 26 heavy (non-hydrogen) atoms. The fourth-order valence-electron chi connectivity index (χ4n) is 2.69. The molecule has 0 fully saturated rings. The number of carbonyl (C=O) groups excluding carboxylic acids is 1. The molecule has 0 radical (unpaired) electrons. The Labute approximate surface area is 155 Å². The first-order valence-electron chi connectivity index (χ1n) is 9.05. The summed E-state index contributed by atoms with van der Waals surface area (Å²) in [7, 11) is 0. The van der Waals surface area contributed by atoms with Crippen molar-refractivity contribution >= 4 is 12.0 Å². The number of hydrogen-bond acceptors (Lipinski definition) is 5. The number of benzene rings is 2. The van der Waals surface area contributed by atoms with Crippen molar-refractivity contribution in [2.75, 3.05) is 37.8 Å². The van der Waals surface area contributed by atoms with Crippen LogP contribution in [0, 0.1) is 0 Å². The lowest BCUT2D eigenvalue weighted by Crippen LogP contribution is -2.23. The summed E-state index contributed by atoms with van der Waals surface area (Å²) in [6.07, 6.45) is 0.827. The second-order valence-corrected chi connectivity index (χ2v) is 5.59. The summed E-state index contributed by atoms with van der Waals surface area (Å²) in [6, 6.07) is 13.1. The predicted molar refractivity (Wildman–Crippen MR) is 104 cm³/mol. The summed E-state index contributed by atoms with van der Waals surface area (Å²) < 4.78 is 17.3. The van der Waals surface area contributed by atoms with E-state index in [1.54, 1.807) is 6.07 Å². The highest BCUT2D eigenvalue weighted by molar-refractivity contribution is 5.78. The van der Waals surface area contributed by atoms with Crippen LogP contribution in [0.25, 0.3) is 0 Å². The van der Waals surface area contributed by atoms with E-state index in [-0.39, 0.29) is 0 Å². The molecule has 0 N–H and O–H groups in total. The van der Waals surface area contributed by atoms with Gasteiger partial charge in [-0.3, -0.25) is 4.79 Å². The molecular formula is C21H27NO4. The molecule has 0 atom stereocenters. The molecule has 0 aliphatic rings. The number of para-hydroxylation sites is 2. The van der Waals surface area contributed by atoms with E-state index < -0.39 is 0 Å². The van der Waals surface area contributed by atoms with Gasteiger partial charge in [-0.25, -0.2) is 0 Å². The molecule has 0 heterocycles. The summed E-state index contributed by atoms with van der Waals surface area (Å²) in [5.74, 6) is 2.12. The molecule has 2 aromatic rings. The maximum absolute atomic E-state index is 11.1. The van der Waals surface area contributed by atoms with Gasteiger partial charge in [0, 0.05) is 18.7 Å². The van der Waals surface area contributed by atoms with Gasteiger partial charge in [-0.1, -0.05) is 12.1 Å². The molecule has 0 aromatic heterocycles. The van der Waals surface area contributed by atoms with Crippen LogP contribution >= 0.6 is 0 Å². The Balaban J connectivity index is 2.01. The Hall–Kier alpha value is -2.69. The first kappa shape index (κ1) is 19.6. The Bertz CT molecular complexity index is 698. The number of ether oxygens (including phenoxy) is 3. The lowest BCUT2D eigenvalue weighted by molar-refractivity contribution is 0.112. The Kier molecular flexibility index (Phi) is 7.80. The van der Waals surface area contributed by atoms with Crippen LogP contribution in [0.1, 0.15) is 31.1 Å². The molecule has 2 aromatic carbocycles. The number of aldehydes is 1. The van der Waals surface area contributed by atoms with E-state index in [4.69, 9.17) is 14.2 Å². The van der Waals surface area contributed by atoms with Gasteiger partial charge in [-0.2, -0.15) is 0 Å². The molecule has 0 aliphatic heterocycles. The zero-order valence-electron chi connectivity index (χ0n) is 15.7. The summed E-state index contributed by atoms with van der Waals surface area (Å²) in [4.78, 5) is 13.3. The number of carbonyl (C=O) groups is 1. The van der Waals surface area contributed by atoms with Crippen LogP contribution in [0.15, 0.2) is 42.5 Å². The van der Waals surface area contributed by atoms with Gasteiger partial charge in [-0.15, -0.1) is 0 Å². The van der Waals surface area contributed by atoms with Crippen molar-refractivity contribution in [2.45, 2.75) is 20.8 Å². The van der Waals surface area contributed by atoms with E-state index >= 15 is 0 Å². The van der Waals surface area contributed by atoms with Crippen LogP contribution in [0.5, 0.6) is 17.2 Å². The minimum Gasteiger partial charge on any atom is -0.490 e. The van der Waals surface area contributed by atoms with Crippen molar-refractivity contribution < 1.29 is 19.0 Å². The highest BCUT2D eigenvalue weighted by atomic mass is 16.5. The SMILES string of the molecule is CCOc1ccccc1OCCOc1cc(C=O)ccc1N(CC)CC. The van der Waals surface area contributed by atoms with Gasteiger partial charge < -0.3 is 19.1 Å². The molecule has 0 unspecified atom stereocenters. The molecule has 5 heteroatoms. The Morgan fingerprint density at radius 2 is 1.46 bits per heavy atom. The number of anilines is 1. The lowest BCUT2D eigenvalue weighted by atomic mass is 10.2. The third kappa shape index (κ3) is 5.15. The van der Waals surface area contributed by atoms with E-state index in [9.17, 15) is 4.79 Å². The molecular weight excluding hydrogens is 330 g/mol. The highest BCUT2D eigenvalue weighted by Gasteiger charge is 2.11. The first-order chi connectivity index (χ1) is 12.7. The third-order valence-electron chi connectivity index (χ3n) is 3.97. The zero-order chi connectivity index (χ0) is 18.8. The average molecular weight is 357 g/mol. The second kappa shape index (κ2) is 10.3. The summed E-state index contributed by atoms with van der Waals surface area (Å²) in [5.41, 5.74) is 1.58. The average Bonchev–Trinajstić information content (AvgIpc) is 2.68. The summed E-state index contributed by atoms with van der Waals surface area (Å²) in [5, 5.41) is 0. The van der Waals surface area contributed by atoms with Gasteiger partial charge in [-0.05, 0) is 51.1 Å². The third-order valence-corrected chi connectivity index (χ3v) is 3.97. The minimum absolute atomic E-state index is 0.372. The van der Waals surface area contributed by atoms with Gasteiger partial charge >= 0.3 is 0 Å². The van der Waals surface area contributed by atoms with Crippen LogP contribution in [0.2, 0.25) is 0 Å². The molecule has 0 saturated heterocycles. The maximum atomic E-state index is 11.1. The largest absolute Gasteiger partial charge is 0.490 e. The second-order valence-electron chi connectivity index (χ2n) is 5.59. The molecule has 5 nitrogen and oxygen atoms in total. The fraction of sp³-hybridized carbons (Fsp3) is 0.381. The van der Waals surface area contributed by atoms with E-state index in [0.29, 0.717) is 36.9 Å². The van der Waals surface area contributed by atoms with Gasteiger partial charge in [0.05, 0.1) is 12.3 Å². The van der Waals surface area contributed by atoms with Gasteiger partial charge in [0.25, 0.3) is 0 Å². The first-order valence-corrected chi connectivity index (χ1v) is 9.05. The Morgan fingerprint density at radius 1 is 0.846 bits per heavy atom. The molecule has 2 rings (SSSR count). The topological polar surface area (TPSA) is 48.0 Å². The van der Waals surface area contributed by atoms with Crippen molar-refractivity contribution in [1.29, 1.82) is 0 Å². The van der Waals surface area contributed by atoms with Gasteiger partial charge in [0.1, 0.15) is 25.2 Å². The van der Waals surface area contributed by atoms with Crippen LogP contribution in [-0.4, -0.2) is 39.2 Å². The zero-order valence-corrected chi connectivity index (χ0v) is 15.7. The van der Waals surface area contributed by atoms with E-state index in [1.807, 2.05) is 43.3 Å². The normalized spacial score (nSPS) is 10.3. The molecule has 0 bridgehead atoms. The maximum Gasteiger partial charge on any atom is 0.161 e. The number of rotatable bonds is 11. The smallest absolute Gasteiger partial charge is 0.161 e. The van der Waals surface area contributed by atoms with Gasteiger partial charge in [0.15, 0.2) is 11.5 Å². The molecule has 0 saturated carbocycles. The van der Waals surface area contributed by atoms with Crippen LogP contribution in [0.4, 0.5) is 5.69 Å². The summed E-state index contributed by atoms with van der Waals surface area (Å²) >= 11 is 0. The predicted octanol–water partition coefficient (Wildman–Crippen LogP) is 4.20. The number of hydrogen-bond donors (Lipinski definition) is 0. The Morgan fingerprint density at radius 3 is 2.04 bits per heavy atom. The highest BCUT2D eigenvalue weighted by Crippen LogP contribution is 2.30.